The molecule has 0 atom stereocenters. The number of aliphatic hydroxyl groups is 2. The zero-order chi connectivity index (χ0) is 25.7. The third-order valence-electron chi connectivity index (χ3n) is 6.20. The third-order valence-corrected chi connectivity index (χ3v) is 8.18. The highest BCUT2D eigenvalue weighted by Crippen LogP contribution is 2.41. The van der Waals surface area contributed by atoms with E-state index in [1.165, 1.54) is 22.7 Å². The molecule has 0 radical (unpaired) electrons. The summed E-state index contributed by atoms with van der Waals surface area (Å²) >= 11 is 2.23. The highest BCUT2D eigenvalue weighted by atomic mass is 32.2. The summed E-state index contributed by atoms with van der Waals surface area (Å²) in [5, 5.41) is 20.7. The molecule has 0 saturated heterocycles. The first-order valence-electron chi connectivity index (χ1n) is 11.8. The van der Waals surface area contributed by atoms with Crippen LogP contribution in [0, 0.1) is 5.92 Å². The fourth-order valence-electron chi connectivity index (χ4n) is 4.21. The molecule has 0 aliphatic heterocycles. The first kappa shape index (κ1) is 26.9. The van der Waals surface area contributed by atoms with Crippen LogP contribution in [-0.2, 0) is 6.42 Å². The maximum absolute atomic E-state index is 13.2. The van der Waals surface area contributed by atoms with Gasteiger partial charge in [-0.2, -0.15) is 13.2 Å². The van der Waals surface area contributed by atoms with E-state index >= 15 is 0 Å². The van der Waals surface area contributed by atoms with E-state index in [2.05, 4.69) is 4.72 Å². The second-order valence-electron chi connectivity index (χ2n) is 8.73. The molecule has 1 heterocycles. The van der Waals surface area contributed by atoms with Crippen molar-refractivity contribution in [2.24, 2.45) is 5.92 Å². The Bertz CT molecular complexity index is 1190. The molecule has 1 fully saturated rings. The minimum atomic E-state index is -4.30. The molecular weight excluding hydrogens is 511 g/mol. The average molecular weight is 540 g/mol. The van der Waals surface area contributed by atoms with Gasteiger partial charge in [0, 0.05) is 23.5 Å². The van der Waals surface area contributed by atoms with E-state index in [0.29, 0.717) is 15.8 Å². The highest BCUT2D eigenvalue weighted by molar-refractivity contribution is 7.97. The standard InChI is InChI=1S/C25H28F3N3O3S2/c26-25(27,28)15-29-36-21-9-8-19(17-6-1-2-7-18(17)21)22-20(14-16-4-3-5-16)30-23(35-22)24(34)31(10-12-32)11-13-33/h1-2,6-9,16,29,32-33H,3-5,10-15H2. The van der Waals surface area contributed by atoms with Crippen LogP contribution in [0.15, 0.2) is 41.3 Å². The van der Waals surface area contributed by atoms with Gasteiger partial charge < -0.3 is 15.1 Å². The van der Waals surface area contributed by atoms with Crippen molar-refractivity contribution in [3.63, 3.8) is 0 Å². The van der Waals surface area contributed by atoms with E-state index in [9.17, 15) is 28.2 Å². The van der Waals surface area contributed by atoms with Crippen LogP contribution >= 0.6 is 23.3 Å². The number of carbonyl (C=O) groups is 1. The van der Waals surface area contributed by atoms with Crippen LogP contribution in [0.4, 0.5) is 13.2 Å². The Morgan fingerprint density at radius 1 is 1.11 bits per heavy atom. The van der Waals surface area contributed by atoms with Gasteiger partial charge in [-0.05, 0) is 41.1 Å². The Hall–Kier alpha value is -2.18. The maximum atomic E-state index is 13.2. The predicted octanol–water partition coefficient (Wildman–Crippen LogP) is 4.89. The SMILES string of the molecule is O=C(c1nc(CC2CCC2)c(-c2ccc(SNCC(F)(F)F)c3ccccc23)s1)N(CCO)CCO. The van der Waals surface area contributed by atoms with E-state index in [4.69, 9.17) is 4.98 Å². The number of thiazole rings is 1. The molecule has 0 unspecified atom stereocenters. The van der Waals surface area contributed by atoms with Gasteiger partial charge in [0.15, 0.2) is 5.01 Å². The summed E-state index contributed by atoms with van der Waals surface area (Å²) in [6, 6.07) is 11.2. The molecule has 3 aromatic rings. The quantitative estimate of drug-likeness (QED) is 0.301. The zero-order valence-electron chi connectivity index (χ0n) is 19.6. The number of benzene rings is 2. The van der Waals surface area contributed by atoms with Gasteiger partial charge in [-0.15, -0.1) is 11.3 Å². The molecule has 194 valence electrons. The van der Waals surface area contributed by atoms with Crippen LogP contribution in [0.25, 0.3) is 21.2 Å². The van der Waals surface area contributed by atoms with Gasteiger partial charge >= 0.3 is 6.18 Å². The van der Waals surface area contributed by atoms with Crippen molar-refractivity contribution in [3.8, 4) is 10.4 Å². The van der Waals surface area contributed by atoms with Crippen LogP contribution in [0.1, 0.15) is 34.8 Å². The number of nitrogens with one attached hydrogen (secondary N) is 1. The van der Waals surface area contributed by atoms with Gasteiger partial charge in [0.05, 0.1) is 23.8 Å². The molecule has 4 rings (SSSR count). The largest absolute Gasteiger partial charge is 0.402 e. The number of amides is 1. The van der Waals surface area contributed by atoms with E-state index < -0.39 is 12.7 Å². The van der Waals surface area contributed by atoms with E-state index in [1.54, 1.807) is 6.07 Å². The van der Waals surface area contributed by atoms with Crippen LogP contribution in [-0.4, -0.2) is 65.0 Å². The Kier molecular flexibility index (Phi) is 8.89. The van der Waals surface area contributed by atoms with Gasteiger partial charge in [-0.3, -0.25) is 9.52 Å². The number of nitrogens with zero attached hydrogens (tertiary/aromatic N) is 2. The van der Waals surface area contributed by atoms with Crippen LogP contribution in [0.3, 0.4) is 0 Å². The van der Waals surface area contributed by atoms with Crippen molar-refractivity contribution >= 4 is 40.0 Å². The van der Waals surface area contributed by atoms with Crippen molar-refractivity contribution in [3.05, 3.63) is 47.1 Å². The third kappa shape index (κ3) is 6.38. The number of halogens is 3. The molecule has 1 aliphatic rings. The van der Waals surface area contributed by atoms with Crippen molar-refractivity contribution in [2.75, 3.05) is 32.8 Å². The minimum absolute atomic E-state index is 0.103. The lowest BCUT2D eigenvalue weighted by atomic mass is 9.81. The normalized spacial score (nSPS) is 14.2. The number of aromatic nitrogens is 1. The lowest BCUT2D eigenvalue weighted by Gasteiger charge is -2.24. The summed E-state index contributed by atoms with van der Waals surface area (Å²) in [5.41, 5.74) is 1.72. The van der Waals surface area contributed by atoms with E-state index in [1.807, 2.05) is 30.3 Å². The number of hydrogen-bond donors (Lipinski definition) is 3. The van der Waals surface area contributed by atoms with Gasteiger partial charge in [0.2, 0.25) is 0 Å². The second-order valence-corrected chi connectivity index (χ2v) is 10.7. The predicted molar refractivity (Wildman–Crippen MR) is 136 cm³/mol. The molecule has 1 saturated carbocycles. The number of aliphatic hydroxyl groups excluding tert-OH is 2. The first-order valence-corrected chi connectivity index (χ1v) is 13.4. The zero-order valence-corrected chi connectivity index (χ0v) is 21.2. The smallest absolute Gasteiger partial charge is 0.395 e. The van der Waals surface area contributed by atoms with Gasteiger partial charge in [0.25, 0.3) is 5.91 Å². The monoisotopic (exact) mass is 539 g/mol. The van der Waals surface area contributed by atoms with Crippen molar-refractivity contribution < 1.29 is 28.2 Å². The summed E-state index contributed by atoms with van der Waals surface area (Å²) in [4.78, 5) is 20.8. The topological polar surface area (TPSA) is 85.7 Å². The number of rotatable bonds is 11. The second kappa shape index (κ2) is 11.9. The van der Waals surface area contributed by atoms with Gasteiger partial charge in [-0.1, -0.05) is 49.6 Å². The number of carbonyl (C=O) groups excluding carboxylic acids is 1. The minimum Gasteiger partial charge on any atom is -0.395 e. The number of alkyl halides is 3. The Labute approximate surface area is 215 Å². The molecule has 36 heavy (non-hydrogen) atoms. The van der Waals surface area contributed by atoms with Crippen molar-refractivity contribution in [1.29, 1.82) is 0 Å². The average Bonchev–Trinajstić information content (AvgIpc) is 3.24. The molecule has 0 bridgehead atoms. The molecule has 1 aromatic heterocycles. The fourth-order valence-corrected chi connectivity index (χ4v) is 6.12. The molecule has 2 aromatic carbocycles. The molecular formula is C25H28F3N3O3S2. The first-order chi connectivity index (χ1) is 17.3. The summed E-state index contributed by atoms with van der Waals surface area (Å²) in [6.45, 7) is -1.33. The summed E-state index contributed by atoms with van der Waals surface area (Å²) < 4.78 is 40.3. The van der Waals surface area contributed by atoms with Crippen molar-refractivity contribution in [2.45, 2.75) is 36.8 Å². The van der Waals surface area contributed by atoms with Gasteiger partial charge in [-0.25, -0.2) is 4.98 Å². The molecule has 11 heteroatoms. The summed E-state index contributed by atoms with van der Waals surface area (Å²) in [6.07, 6.45) is -0.149. The lowest BCUT2D eigenvalue weighted by molar-refractivity contribution is -0.120. The molecule has 1 amide bonds. The van der Waals surface area contributed by atoms with E-state index in [0.717, 1.165) is 58.1 Å². The Balaban J connectivity index is 1.72. The molecule has 1 aliphatic carbocycles. The molecule has 0 spiro atoms. The Morgan fingerprint density at radius 3 is 2.42 bits per heavy atom. The van der Waals surface area contributed by atoms with Crippen molar-refractivity contribution in [1.82, 2.24) is 14.6 Å². The van der Waals surface area contributed by atoms with Gasteiger partial charge in [0.1, 0.15) is 6.54 Å². The van der Waals surface area contributed by atoms with Crippen LogP contribution < -0.4 is 4.72 Å². The van der Waals surface area contributed by atoms with Crippen LogP contribution in [0.2, 0.25) is 0 Å². The fraction of sp³-hybridized carbons (Fsp3) is 0.440. The maximum Gasteiger partial charge on any atom is 0.402 e. The molecule has 6 nitrogen and oxygen atoms in total. The summed E-state index contributed by atoms with van der Waals surface area (Å²) in [5.74, 6) is 0.171. The van der Waals surface area contributed by atoms with E-state index in [-0.39, 0.29) is 32.2 Å². The molecule has 3 N–H and O–H groups in total. The number of fused-ring (bicyclic) bond motifs is 1. The number of hydrogen-bond acceptors (Lipinski definition) is 7. The highest BCUT2D eigenvalue weighted by Gasteiger charge is 2.28. The Morgan fingerprint density at radius 2 is 1.81 bits per heavy atom. The lowest BCUT2D eigenvalue weighted by Crippen LogP contribution is -2.35. The summed E-state index contributed by atoms with van der Waals surface area (Å²) in [7, 11) is 0. The van der Waals surface area contributed by atoms with Crippen LogP contribution in [0.5, 0.6) is 0 Å².